The first-order valence-electron chi connectivity index (χ1n) is 26.3. The first-order chi connectivity index (χ1) is 29.5. The van der Waals surface area contributed by atoms with Gasteiger partial charge in [0.1, 0.15) is 13.2 Å². The standard InChI is InChI=1S/C54H100O6/c1-4-7-10-13-16-19-22-23-24-25-26-27-28-29-30-31-32-33-36-38-41-44-47-53(56)59-50-51(60-54(57)48-45-42-39-35-21-18-15-12-9-6-3)49-58-52(55)46-43-40-37-34-20-17-14-11-8-5-2/h11-12,14-15,51H,4-10,13,16-50H2,1-3H3/b14-11-,15-12-. The zero-order valence-corrected chi connectivity index (χ0v) is 40.2. The maximum absolute atomic E-state index is 12.7. The molecule has 6 nitrogen and oxygen atoms in total. The summed E-state index contributed by atoms with van der Waals surface area (Å²) >= 11 is 0. The third-order valence-corrected chi connectivity index (χ3v) is 11.6. The lowest BCUT2D eigenvalue weighted by Gasteiger charge is -2.18. The molecule has 352 valence electrons. The van der Waals surface area contributed by atoms with Crippen molar-refractivity contribution < 1.29 is 28.6 Å². The fourth-order valence-corrected chi connectivity index (χ4v) is 7.68. The molecule has 0 rings (SSSR count). The average Bonchev–Trinajstić information content (AvgIpc) is 3.24. The quantitative estimate of drug-likeness (QED) is 0.0263. The number of unbranched alkanes of at least 4 members (excludes halogenated alkanes) is 33. The summed E-state index contributed by atoms with van der Waals surface area (Å²) < 4.78 is 16.7. The second-order valence-corrected chi connectivity index (χ2v) is 17.8. The van der Waals surface area contributed by atoms with E-state index in [0.29, 0.717) is 19.3 Å². The van der Waals surface area contributed by atoms with Crippen LogP contribution in [0, 0.1) is 0 Å². The van der Waals surface area contributed by atoms with Gasteiger partial charge in [0.15, 0.2) is 6.10 Å². The SMILES string of the molecule is CCC/C=C\CCCCCCCC(=O)OCC(COC(=O)CCCCCCCCCCCCCCCCCCCCCCCC)OC(=O)CCCCCCC/C=C\CCC. The van der Waals surface area contributed by atoms with Gasteiger partial charge in [-0.1, -0.05) is 231 Å². The topological polar surface area (TPSA) is 78.9 Å². The molecule has 0 aromatic rings. The van der Waals surface area contributed by atoms with Crippen LogP contribution in [0.2, 0.25) is 0 Å². The monoisotopic (exact) mass is 845 g/mol. The highest BCUT2D eigenvalue weighted by Crippen LogP contribution is 2.17. The van der Waals surface area contributed by atoms with Crippen LogP contribution in [0.15, 0.2) is 24.3 Å². The Morgan fingerprint density at radius 2 is 0.583 bits per heavy atom. The molecule has 0 bridgehead atoms. The van der Waals surface area contributed by atoms with Crippen LogP contribution in [0.5, 0.6) is 0 Å². The van der Waals surface area contributed by atoms with Gasteiger partial charge >= 0.3 is 17.9 Å². The van der Waals surface area contributed by atoms with Crippen LogP contribution in [-0.2, 0) is 28.6 Å². The Bertz CT molecular complexity index is 973. The van der Waals surface area contributed by atoms with Crippen molar-refractivity contribution >= 4 is 17.9 Å². The van der Waals surface area contributed by atoms with Gasteiger partial charge in [-0.2, -0.15) is 0 Å². The third kappa shape index (κ3) is 46.9. The fourth-order valence-electron chi connectivity index (χ4n) is 7.68. The second kappa shape index (κ2) is 49.5. The molecular weight excluding hydrogens is 745 g/mol. The average molecular weight is 845 g/mol. The Labute approximate surface area is 373 Å². The molecule has 0 saturated carbocycles. The van der Waals surface area contributed by atoms with Crippen LogP contribution < -0.4 is 0 Å². The van der Waals surface area contributed by atoms with Gasteiger partial charge in [-0.05, 0) is 57.8 Å². The van der Waals surface area contributed by atoms with Crippen molar-refractivity contribution in [1.29, 1.82) is 0 Å². The molecule has 60 heavy (non-hydrogen) atoms. The van der Waals surface area contributed by atoms with E-state index in [-0.39, 0.29) is 31.1 Å². The minimum Gasteiger partial charge on any atom is -0.462 e. The summed E-state index contributed by atoms with van der Waals surface area (Å²) in [4.78, 5) is 37.8. The van der Waals surface area contributed by atoms with Gasteiger partial charge in [0.05, 0.1) is 0 Å². The Balaban J connectivity index is 4.15. The van der Waals surface area contributed by atoms with Crippen molar-refractivity contribution in [2.24, 2.45) is 0 Å². The summed E-state index contributed by atoms with van der Waals surface area (Å²) in [7, 11) is 0. The maximum atomic E-state index is 12.7. The lowest BCUT2D eigenvalue weighted by molar-refractivity contribution is -0.167. The molecule has 0 spiro atoms. The molecule has 0 heterocycles. The molecule has 0 aliphatic heterocycles. The maximum Gasteiger partial charge on any atom is 0.306 e. The molecule has 1 atom stereocenters. The largest absolute Gasteiger partial charge is 0.462 e. The van der Waals surface area contributed by atoms with Gasteiger partial charge in [0.25, 0.3) is 0 Å². The van der Waals surface area contributed by atoms with E-state index in [2.05, 4.69) is 45.1 Å². The Hall–Kier alpha value is -2.11. The highest BCUT2D eigenvalue weighted by molar-refractivity contribution is 5.71. The molecule has 6 heteroatoms. The zero-order valence-electron chi connectivity index (χ0n) is 40.2. The molecule has 0 radical (unpaired) electrons. The lowest BCUT2D eigenvalue weighted by Crippen LogP contribution is -2.30. The van der Waals surface area contributed by atoms with Crippen LogP contribution in [0.1, 0.15) is 284 Å². The molecule has 0 fully saturated rings. The number of hydrogen-bond donors (Lipinski definition) is 0. The highest BCUT2D eigenvalue weighted by atomic mass is 16.6. The van der Waals surface area contributed by atoms with E-state index >= 15 is 0 Å². The van der Waals surface area contributed by atoms with Gasteiger partial charge in [0.2, 0.25) is 0 Å². The van der Waals surface area contributed by atoms with Crippen molar-refractivity contribution in [3.63, 3.8) is 0 Å². The van der Waals surface area contributed by atoms with E-state index in [0.717, 1.165) is 89.9 Å². The molecule has 0 aromatic carbocycles. The lowest BCUT2D eigenvalue weighted by atomic mass is 10.0. The predicted octanol–water partition coefficient (Wildman–Crippen LogP) is 17.2. The van der Waals surface area contributed by atoms with Gasteiger partial charge in [0, 0.05) is 19.3 Å². The van der Waals surface area contributed by atoms with Crippen molar-refractivity contribution in [1.82, 2.24) is 0 Å². The van der Waals surface area contributed by atoms with E-state index in [9.17, 15) is 14.4 Å². The Morgan fingerprint density at radius 1 is 0.317 bits per heavy atom. The van der Waals surface area contributed by atoms with Crippen molar-refractivity contribution in [2.75, 3.05) is 13.2 Å². The smallest absolute Gasteiger partial charge is 0.306 e. The van der Waals surface area contributed by atoms with E-state index in [1.165, 1.54) is 154 Å². The summed E-state index contributed by atoms with van der Waals surface area (Å²) in [5, 5.41) is 0. The van der Waals surface area contributed by atoms with Gasteiger partial charge < -0.3 is 14.2 Å². The highest BCUT2D eigenvalue weighted by Gasteiger charge is 2.19. The third-order valence-electron chi connectivity index (χ3n) is 11.6. The Morgan fingerprint density at radius 3 is 0.900 bits per heavy atom. The van der Waals surface area contributed by atoms with Crippen molar-refractivity contribution in [2.45, 2.75) is 290 Å². The summed E-state index contributed by atoms with van der Waals surface area (Å²) in [6, 6.07) is 0. The van der Waals surface area contributed by atoms with Crippen LogP contribution in [0.3, 0.4) is 0 Å². The summed E-state index contributed by atoms with van der Waals surface area (Å²) in [5.41, 5.74) is 0. The number of carbonyl (C=O) groups excluding carboxylic acids is 3. The minimum absolute atomic E-state index is 0.0740. The number of ether oxygens (including phenoxy) is 3. The fraction of sp³-hybridized carbons (Fsp3) is 0.870. The molecule has 0 aliphatic carbocycles. The molecule has 0 saturated heterocycles. The minimum atomic E-state index is -0.773. The summed E-state index contributed by atoms with van der Waals surface area (Å²) in [6.07, 6.45) is 56.1. The number of allylic oxidation sites excluding steroid dienone is 4. The van der Waals surface area contributed by atoms with Gasteiger partial charge in [-0.15, -0.1) is 0 Å². The van der Waals surface area contributed by atoms with Crippen LogP contribution in [0.25, 0.3) is 0 Å². The van der Waals surface area contributed by atoms with Gasteiger partial charge in [-0.3, -0.25) is 14.4 Å². The molecule has 1 unspecified atom stereocenters. The number of esters is 3. The number of carbonyl (C=O) groups is 3. The van der Waals surface area contributed by atoms with Crippen LogP contribution >= 0.6 is 0 Å². The second-order valence-electron chi connectivity index (χ2n) is 17.8. The van der Waals surface area contributed by atoms with Crippen LogP contribution in [0.4, 0.5) is 0 Å². The summed E-state index contributed by atoms with van der Waals surface area (Å²) in [5.74, 6) is -0.885. The molecular formula is C54H100O6. The zero-order chi connectivity index (χ0) is 43.7. The molecule has 0 aliphatic rings. The first kappa shape index (κ1) is 57.9. The summed E-state index contributed by atoms with van der Waals surface area (Å²) in [6.45, 7) is 6.53. The molecule has 0 N–H and O–H groups in total. The van der Waals surface area contributed by atoms with Crippen molar-refractivity contribution in [3.05, 3.63) is 24.3 Å². The van der Waals surface area contributed by atoms with Crippen molar-refractivity contribution in [3.8, 4) is 0 Å². The normalized spacial score (nSPS) is 12.1. The van der Waals surface area contributed by atoms with Gasteiger partial charge in [-0.25, -0.2) is 0 Å². The molecule has 0 amide bonds. The number of rotatable bonds is 48. The predicted molar refractivity (Wildman–Crippen MR) is 256 cm³/mol. The molecule has 0 aromatic heterocycles. The van der Waals surface area contributed by atoms with E-state index in [4.69, 9.17) is 14.2 Å². The first-order valence-corrected chi connectivity index (χ1v) is 26.3. The Kier molecular flexibility index (Phi) is 47.8. The van der Waals surface area contributed by atoms with E-state index in [1.54, 1.807) is 0 Å². The van der Waals surface area contributed by atoms with Crippen LogP contribution in [-0.4, -0.2) is 37.2 Å². The van der Waals surface area contributed by atoms with E-state index in [1.807, 2.05) is 0 Å². The number of hydrogen-bond acceptors (Lipinski definition) is 6. The van der Waals surface area contributed by atoms with E-state index < -0.39 is 6.10 Å².